The van der Waals surface area contributed by atoms with E-state index < -0.39 is 0 Å². The van der Waals surface area contributed by atoms with E-state index in [2.05, 4.69) is 27.2 Å². The van der Waals surface area contributed by atoms with E-state index in [0.717, 1.165) is 24.2 Å². The summed E-state index contributed by atoms with van der Waals surface area (Å²) in [6.45, 7) is 2.12. The number of aromatic nitrogens is 2. The first kappa shape index (κ1) is 11.9. The molecule has 5 heteroatoms. The van der Waals surface area contributed by atoms with Crippen molar-refractivity contribution in [3.8, 4) is 0 Å². The summed E-state index contributed by atoms with van der Waals surface area (Å²) in [5, 5.41) is 2.52. The summed E-state index contributed by atoms with van der Waals surface area (Å²) in [4.78, 5) is 11.5. The molecule has 4 heterocycles. The predicted octanol–water partition coefficient (Wildman–Crippen LogP) is 3.74. The van der Waals surface area contributed by atoms with Gasteiger partial charge in [0.05, 0.1) is 10.2 Å². The summed E-state index contributed by atoms with van der Waals surface area (Å²) in [5.74, 6) is 1.14. The fraction of sp³-hybridized carbons (Fsp3) is 0.571. The van der Waals surface area contributed by atoms with E-state index in [-0.39, 0.29) is 0 Å². The van der Waals surface area contributed by atoms with Crippen LogP contribution >= 0.6 is 22.9 Å². The number of piperidine rings is 1. The zero-order valence-corrected chi connectivity index (χ0v) is 12.4. The first-order valence-electron chi connectivity index (χ1n) is 6.85. The molecule has 2 aromatic heterocycles. The second-order valence-electron chi connectivity index (χ2n) is 5.65. The standard InChI is InChI=1S/C14H16ClN3S/c1-8-6-19-13-12(8)16-7-17-14(13)18-10-2-3-11(18)5-9(15)4-10/h6-7,9-11H,2-5H2,1H3. The number of alkyl halides is 1. The normalized spacial score (nSPS) is 30.2. The van der Waals surface area contributed by atoms with Gasteiger partial charge >= 0.3 is 0 Å². The third kappa shape index (κ3) is 1.77. The molecule has 2 atom stereocenters. The lowest BCUT2D eigenvalue weighted by Crippen LogP contribution is -2.44. The molecule has 2 bridgehead atoms. The Morgan fingerprint density at radius 2 is 2.00 bits per heavy atom. The second-order valence-corrected chi connectivity index (χ2v) is 7.15. The molecule has 2 aliphatic heterocycles. The Morgan fingerprint density at radius 1 is 1.26 bits per heavy atom. The topological polar surface area (TPSA) is 29.0 Å². The summed E-state index contributed by atoms with van der Waals surface area (Å²) >= 11 is 8.13. The third-order valence-corrected chi connectivity index (χ3v) is 5.87. The lowest BCUT2D eigenvalue weighted by atomic mass is 10.0. The Morgan fingerprint density at radius 3 is 2.74 bits per heavy atom. The number of nitrogens with zero attached hydrogens (tertiary/aromatic N) is 3. The maximum absolute atomic E-state index is 6.36. The van der Waals surface area contributed by atoms with Crippen molar-refractivity contribution in [1.82, 2.24) is 9.97 Å². The van der Waals surface area contributed by atoms with Gasteiger partial charge in [0.15, 0.2) is 5.82 Å². The Bertz CT molecular complexity index is 612. The van der Waals surface area contributed by atoms with Crippen molar-refractivity contribution in [2.45, 2.75) is 50.1 Å². The highest BCUT2D eigenvalue weighted by atomic mass is 35.5. The van der Waals surface area contributed by atoms with Crippen molar-refractivity contribution >= 4 is 39.0 Å². The Balaban J connectivity index is 1.83. The van der Waals surface area contributed by atoms with Crippen molar-refractivity contribution < 1.29 is 0 Å². The van der Waals surface area contributed by atoms with Gasteiger partial charge in [-0.05, 0) is 43.6 Å². The van der Waals surface area contributed by atoms with Gasteiger partial charge in [0.25, 0.3) is 0 Å². The van der Waals surface area contributed by atoms with E-state index in [1.54, 1.807) is 17.7 Å². The van der Waals surface area contributed by atoms with Gasteiger partial charge in [0, 0.05) is 17.5 Å². The molecule has 0 spiro atoms. The van der Waals surface area contributed by atoms with Crippen LogP contribution in [-0.2, 0) is 0 Å². The summed E-state index contributed by atoms with van der Waals surface area (Å²) in [6, 6.07) is 1.14. The fourth-order valence-corrected chi connectivity index (χ4v) is 5.00. The van der Waals surface area contributed by atoms with Crippen LogP contribution in [0.3, 0.4) is 0 Å². The minimum absolute atomic E-state index is 0.344. The molecule has 4 rings (SSSR count). The molecule has 0 saturated carbocycles. The Labute approximate surface area is 121 Å². The van der Waals surface area contributed by atoms with Gasteiger partial charge < -0.3 is 4.90 Å². The number of thiophene rings is 1. The largest absolute Gasteiger partial charge is 0.349 e. The lowest BCUT2D eigenvalue weighted by Gasteiger charge is -2.38. The molecular formula is C14H16ClN3S. The van der Waals surface area contributed by atoms with Crippen LogP contribution in [-0.4, -0.2) is 27.4 Å². The number of fused-ring (bicyclic) bond motifs is 3. The number of anilines is 1. The van der Waals surface area contributed by atoms with Gasteiger partial charge in [0.1, 0.15) is 6.33 Å². The predicted molar refractivity (Wildman–Crippen MR) is 80.3 cm³/mol. The zero-order valence-electron chi connectivity index (χ0n) is 10.8. The molecular weight excluding hydrogens is 278 g/mol. The van der Waals surface area contributed by atoms with Crippen molar-refractivity contribution in [1.29, 1.82) is 0 Å². The molecule has 0 radical (unpaired) electrons. The van der Waals surface area contributed by atoms with Crippen LogP contribution in [0.1, 0.15) is 31.2 Å². The molecule has 0 aromatic carbocycles. The summed E-state index contributed by atoms with van der Waals surface area (Å²) in [6.07, 6.45) is 6.40. The number of hydrogen-bond acceptors (Lipinski definition) is 4. The van der Waals surface area contributed by atoms with Crippen LogP contribution < -0.4 is 4.90 Å². The minimum Gasteiger partial charge on any atom is -0.349 e. The molecule has 19 heavy (non-hydrogen) atoms. The molecule has 100 valence electrons. The quantitative estimate of drug-likeness (QED) is 0.750. The Hall–Kier alpha value is -0.870. The van der Waals surface area contributed by atoms with Crippen LogP contribution in [0.5, 0.6) is 0 Å². The molecule has 0 aliphatic carbocycles. The average Bonchev–Trinajstić information content (AvgIpc) is 2.89. The summed E-state index contributed by atoms with van der Waals surface area (Å²) in [7, 11) is 0. The maximum Gasteiger partial charge on any atom is 0.150 e. The van der Waals surface area contributed by atoms with E-state index in [1.165, 1.54) is 23.1 Å². The summed E-state index contributed by atoms with van der Waals surface area (Å²) < 4.78 is 1.24. The number of halogens is 1. The molecule has 2 fully saturated rings. The van der Waals surface area contributed by atoms with E-state index in [9.17, 15) is 0 Å². The van der Waals surface area contributed by atoms with E-state index in [4.69, 9.17) is 11.6 Å². The van der Waals surface area contributed by atoms with Crippen molar-refractivity contribution in [2.75, 3.05) is 4.90 Å². The second kappa shape index (κ2) is 4.32. The number of rotatable bonds is 1. The molecule has 0 amide bonds. The van der Waals surface area contributed by atoms with Crippen LogP contribution in [0.15, 0.2) is 11.7 Å². The van der Waals surface area contributed by atoms with Gasteiger partial charge in [-0.1, -0.05) is 0 Å². The van der Waals surface area contributed by atoms with E-state index >= 15 is 0 Å². The summed E-state index contributed by atoms with van der Waals surface area (Å²) in [5.41, 5.74) is 2.37. The average molecular weight is 294 g/mol. The molecule has 3 nitrogen and oxygen atoms in total. The van der Waals surface area contributed by atoms with Crippen LogP contribution in [0.2, 0.25) is 0 Å². The van der Waals surface area contributed by atoms with Crippen LogP contribution in [0.25, 0.3) is 10.2 Å². The monoisotopic (exact) mass is 293 g/mol. The molecule has 2 aliphatic rings. The SMILES string of the molecule is Cc1csc2c(N3C4CCC3CC(Cl)C4)ncnc12. The van der Waals surface area contributed by atoms with Gasteiger partial charge in [-0.15, -0.1) is 22.9 Å². The van der Waals surface area contributed by atoms with Crippen molar-refractivity contribution in [3.05, 3.63) is 17.3 Å². The smallest absolute Gasteiger partial charge is 0.150 e. The molecule has 2 saturated heterocycles. The zero-order chi connectivity index (χ0) is 13.0. The molecule has 2 aromatic rings. The van der Waals surface area contributed by atoms with E-state index in [0.29, 0.717) is 17.5 Å². The van der Waals surface area contributed by atoms with Gasteiger partial charge in [-0.25, -0.2) is 9.97 Å². The highest BCUT2D eigenvalue weighted by Gasteiger charge is 2.41. The van der Waals surface area contributed by atoms with Gasteiger partial charge in [-0.2, -0.15) is 0 Å². The third-order valence-electron chi connectivity index (χ3n) is 4.43. The van der Waals surface area contributed by atoms with Crippen molar-refractivity contribution in [2.24, 2.45) is 0 Å². The molecule has 0 N–H and O–H groups in total. The number of hydrogen-bond donors (Lipinski definition) is 0. The maximum atomic E-state index is 6.36. The Kier molecular flexibility index (Phi) is 2.71. The van der Waals surface area contributed by atoms with Crippen LogP contribution in [0, 0.1) is 6.92 Å². The molecule has 2 unspecified atom stereocenters. The van der Waals surface area contributed by atoms with E-state index in [1.807, 2.05) is 0 Å². The van der Waals surface area contributed by atoms with Gasteiger partial charge in [-0.3, -0.25) is 0 Å². The highest BCUT2D eigenvalue weighted by molar-refractivity contribution is 7.18. The minimum atomic E-state index is 0.344. The highest BCUT2D eigenvalue weighted by Crippen LogP contribution is 2.43. The number of aryl methyl sites for hydroxylation is 1. The van der Waals surface area contributed by atoms with Crippen molar-refractivity contribution in [3.63, 3.8) is 0 Å². The van der Waals surface area contributed by atoms with Gasteiger partial charge in [0.2, 0.25) is 0 Å². The first-order chi connectivity index (χ1) is 9.24. The van der Waals surface area contributed by atoms with Crippen LogP contribution in [0.4, 0.5) is 5.82 Å². The first-order valence-corrected chi connectivity index (χ1v) is 8.17. The fourth-order valence-electron chi connectivity index (χ4n) is 3.60. The lowest BCUT2D eigenvalue weighted by molar-refractivity contribution is 0.472.